The molecule has 0 bridgehead atoms. The van der Waals surface area contributed by atoms with Crippen LogP contribution >= 0.6 is 0 Å². The van der Waals surface area contributed by atoms with E-state index in [2.05, 4.69) is 10.3 Å². The second kappa shape index (κ2) is 7.89. The summed E-state index contributed by atoms with van der Waals surface area (Å²) in [6.45, 7) is 2.45. The fraction of sp³-hybridized carbons (Fsp3) is 0.316. The largest absolute Gasteiger partial charge is 0.385 e. The van der Waals surface area contributed by atoms with Crippen LogP contribution in [0.2, 0.25) is 0 Å². The summed E-state index contributed by atoms with van der Waals surface area (Å²) in [5.74, 6) is -1.80. The predicted octanol–water partition coefficient (Wildman–Crippen LogP) is 2.46. The van der Waals surface area contributed by atoms with E-state index in [1.807, 2.05) is 0 Å². The lowest BCUT2D eigenvalue weighted by Gasteiger charge is -2.15. The monoisotopic (exact) mass is 390 g/mol. The average Bonchev–Trinajstić information content (AvgIpc) is 2.66. The van der Waals surface area contributed by atoms with Crippen molar-refractivity contribution in [3.05, 3.63) is 62.4 Å². The Morgan fingerprint density at radius 1 is 1.21 bits per heavy atom. The molecule has 0 aliphatic heterocycles. The van der Waals surface area contributed by atoms with Crippen LogP contribution in [0, 0.1) is 18.6 Å². The van der Waals surface area contributed by atoms with Crippen LogP contribution in [0.1, 0.15) is 12.0 Å². The first-order valence-corrected chi connectivity index (χ1v) is 8.65. The predicted molar refractivity (Wildman–Crippen MR) is 102 cm³/mol. The van der Waals surface area contributed by atoms with Gasteiger partial charge in [0.1, 0.15) is 11.2 Å². The molecule has 9 heteroatoms. The van der Waals surface area contributed by atoms with Gasteiger partial charge in [0.25, 0.3) is 11.1 Å². The minimum Gasteiger partial charge on any atom is -0.385 e. The van der Waals surface area contributed by atoms with E-state index in [1.165, 1.54) is 30.1 Å². The number of ether oxygens (including phenoxy) is 1. The van der Waals surface area contributed by atoms with Crippen molar-refractivity contribution < 1.29 is 13.5 Å². The van der Waals surface area contributed by atoms with Gasteiger partial charge in [-0.25, -0.2) is 9.37 Å². The number of hydrogen-bond acceptors (Lipinski definition) is 5. The molecular weight excluding hydrogens is 370 g/mol. The molecule has 28 heavy (non-hydrogen) atoms. The first-order chi connectivity index (χ1) is 13.3. The highest BCUT2D eigenvalue weighted by Gasteiger charge is 2.21. The fourth-order valence-corrected chi connectivity index (χ4v) is 2.93. The minimum absolute atomic E-state index is 0.00871. The summed E-state index contributed by atoms with van der Waals surface area (Å²) < 4.78 is 36.3. The molecule has 3 aromatic rings. The van der Waals surface area contributed by atoms with Gasteiger partial charge in [0.2, 0.25) is 5.82 Å². The number of fused-ring (bicyclic) bond motifs is 1. The van der Waals surface area contributed by atoms with Crippen molar-refractivity contribution in [2.45, 2.75) is 19.9 Å². The van der Waals surface area contributed by atoms with Gasteiger partial charge in [-0.05, 0) is 31.0 Å². The Morgan fingerprint density at radius 3 is 2.64 bits per heavy atom. The molecule has 1 aromatic carbocycles. The molecule has 2 heterocycles. The van der Waals surface area contributed by atoms with E-state index < -0.39 is 22.8 Å². The maximum absolute atomic E-state index is 14.8. The lowest BCUT2D eigenvalue weighted by molar-refractivity contribution is 0.190. The Morgan fingerprint density at radius 2 is 1.96 bits per heavy atom. The summed E-state index contributed by atoms with van der Waals surface area (Å²) in [7, 11) is 2.87. The summed E-state index contributed by atoms with van der Waals surface area (Å²) in [6.07, 6.45) is 1.85. The number of methoxy groups -OCH3 is 1. The van der Waals surface area contributed by atoms with Crippen molar-refractivity contribution in [3.8, 4) is 0 Å². The number of nitrogens with one attached hydrogen (secondary N) is 1. The number of rotatable bonds is 6. The third kappa shape index (κ3) is 3.53. The van der Waals surface area contributed by atoms with Gasteiger partial charge in [0.05, 0.1) is 17.7 Å². The molecule has 0 fully saturated rings. The number of pyridine rings is 1. The Labute approximate surface area is 159 Å². The Hall–Kier alpha value is -3.07. The van der Waals surface area contributed by atoms with Gasteiger partial charge in [-0.3, -0.25) is 18.7 Å². The molecule has 0 unspecified atom stereocenters. The first kappa shape index (κ1) is 19.7. The summed E-state index contributed by atoms with van der Waals surface area (Å²) in [5.41, 5.74) is -1.25. The molecule has 3 rings (SSSR count). The molecule has 148 valence electrons. The van der Waals surface area contributed by atoms with E-state index in [4.69, 9.17) is 4.74 Å². The van der Waals surface area contributed by atoms with Crippen LogP contribution in [-0.4, -0.2) is 27.8 Å². The summed E-state index contributed by atoms with van der Waals surface area (Å²) >= 11 is 0. The number of nitrogens with zero attached hydrogens (tertiary/aromatic N) is 3. The van der Waals surface area contributed by atoms with Crippen LogP contribution in [0.4, 0.5) is 20.2 Å². The highest BCUT2D eigenvalue weighted by molar-refractivity contribution is 5.90. The van der Waals surface area contributed by atoms with E-state index >= 15 is 0 Å². The number of aryl methyl sites for hydroxylation is 3. The van der Waals surface area contributed by atoms with E-state index in [0.29, 0.717) is 25.1 Å². The molecule has 0 aliphatic rings. The van der Waals surface area contributed by atoms with Crippen LogP contribution in [0.5, 0.6) is 0 Å². The van der Waals surface area contributed by atoms with Crippen molar-refractivity contribution in [2.75, 3.05) is 19.0 Å². The van der Waals surface area contributed by atoms with E-state index in [1.54, 1.807) is 20.1 Å². The van der Waals surface area contributed by atoms with Crippen molar-refractivity contribution >= 4 is 22.4 Å². The lowest BCUT2D eigenvalue weighted by atomic mass is 10.2. The number of aromatic nitrogens is 3. The molecule has 0 radical (unpaired) electrons. The molecule has 2 aromatic heterocycles. The van der Waals surface area contributed by atoms with E-state index in [-0.39, 0.29) is 22.4 Å². The molecule has 0 saturated heterocycles. The third-order valence-electron chi connectivity index (χ3n) is 4.43. The van der Waals surface area contributed by atoms with Crippen LogP contribution < -0.4 is 16.4 Å². The van der Waals surface area contributed by atoms with Crippen molar-refractivity contribution in [1.29, 1.82) is 0 Å². The second-order valence-electron chi connectivity index (χ2n) is 6.45. The van der Waals surface area contributed by atoms with Gasteiger partial charge in [-0.15, -0.1) is 0 Å². The number of hydrogen-bond donors (Lipinski definition) is 1. The fourth-order valence-electron chi connectivity index (χ4n) is 2.93. The zero-order valence-electron chi connectivity index (χ0n) is 15.8. The van der Waals surface area contributed by atoms with Gasteiger partial charge in [-0.1, -0.05) is 6.07 Å². The SMILES string of the molecule is COCCCn1cnc2c(c(Nc3ccc(C)cc3F)c(F)c(=O)n2C)c1=O. The zero-order valence-corrected chi connectivity index (χ0v) is 15.8. The number of benzene rings is 1. The number of anilines is 2. The third-order valence-corrected chi connectivity index (χ3v) is 4.43. The Bertz CT molecular complexity index is 1150. The van der Waals surface area contributed by atoms with Crippen LogP contribution in [0.15, 0.2) is 34.1 Å². The molecule has 1 N–H and O–H groups in total. The highest BCUT2D eigenvalue weighted by Crippen LogP contribution is 2.26. The number of halogens is 2. The van der Waals surface area contributed by atoms with Gasteiger partial charge >= 0.3 is 0 Å². The second-order valence-corrected chi connectivity index (χ2v) is 6.45. The summed E-state index contributed by atoms with van der Waals surface area (Å²) in [4.78, 5) is 29.3. The minimum atomic E-state index is -1.18. The molecule has 0 saturated carbocycles. The highest BCUT2D eigenvalue weighted by atomic mass is 19.1. The topological polar surface area (TPSA) is 78.2 Å². The van der Waals surface area contributed by atoms with Crippen LogP contribution in [-0.2, 0) is 18.3 Å². The van der Waals surface area contributed by atoms with Gasteiger partial charge in [-0.2, -0.15) is 4.39 Å². The van der Waals surface area contributed by atoms with Crippen LogP contribution in [0.3, 0.4) is 0 Å². The quantitative estimate of drug-likeness (QED) is 0.655. The average molecular weight is 390 g/mol. The molecule has 0 aliphatic carbocycles. The maximum atomic E-state index is 14.8. The summed E-state index contributed by atoms with van der Waals surface area (Å²) in [6, 6.07) is 4.32. The first-order valence-electron chi connectivity index (χ1n) is 8.65. The van der Waals surface area contributed by atoms with Gasteiger partial charge < -0.3 is 10.1 Å². The van der Waals surface area contributed by atoms with Crippen molar-refractivity contribution in [1.82, 2.24) is 14.1 Å². The maximum Gasteiger partial charge on any atom is 0.290 e. The molecule has 0 spiro atoms. The van der Waals surface area contributed by atoms with Gasteiger partial charge in [0.15, 0.2) is 5.65 Å². The normalized spacial score (nSPS) is 11.2. The van der Waals surface area contributed by atoms with Crippen molar-refractivity contribution in [3.63, 3.8) is 0 Å². The standard InChI is InChI=1S/C19H20F2N4O3/c1-11-5-6-13(12(20)9-11)23-16-14-17(24(2)19(27)15(16)21)22-10-25(18(14)26)7-4-8-28-3/h5-6,9-10,23H,4,7-8H2,1-3H3. The molecular formula is C19H20F2N4O3. The van der Waals surface area contributed by atoms with E-state index in [9.17, 15) is 18.4 Å². The van der Waals surface area contributed by atoms with Crippen molar-refractivity contribution in [2.24, 2.45) is 7.05 Å². The van der Waals surface area contributed by atoms with Crippen LogP contribution in [0.25, 0.3) is 11.0 Å². The molecule has 7 nitrogen and oxygen atoms in total. The smallest absolute Gasteiger partial charge is 0.290 e. The Balaban J connectivity index is 2.23. The van der Waals surface area contributed by atoms with E-state index in [0.717, 1.165) is 4.57 Å². The lowest BCUT2D eigenvalue weighted by Crippen LogP contribution is -2.29. The Kier molecular flexibility index (Phi) is 5.55. The summed E-state index contributed by atoms with van der Waals surface area (Å²) in [5, 5.41) is 2.45. The molecule has 0 amide bonds. The van der Waals surface area contributed by atoms with Gasteiger partial charge in [0, 0.05) is 27.3 Å². The zero-order chi connectivity index (χ0) is 20.4. The molecule has 0 atom stereocenters.